The summed E-state index contributed by atoms with van der Waals surface area (Å²) in [6.07, 6.45) is 6.82. The topological polar surface area (TPSA) is 71.2 Å². The largest absolute Gasteiger partial charge is 0.391 e. The van der Waals surface area contributed by atoms with E-state index >= 15 is 0 Å². The van der Waals surface area contributed by atoms with Crippen LogP contribution in [-0.4, -0.2) is 22.2 Å². The third kappa shape index (κ3) is 2.82. The summed E-state index contributed by atoms with van der Waals surface area (Å²) in [5, 5.41) is 14.7. The van der Waals surface area contributed by atoms with Gasteiger partial charge < -0.3 is 16.2 Å². The van der Waals surface area contributed by atoms with Gasteiger partial charge in [0.25, 0.3) is 0 Å². The van der Waals surface area contributed by atoms with Crippen molar-refractivity contribution in [2.24, 2.45) is 0 Å². The Morgan fingerprint density at radius 2 is 2.20 bits per heavy atom. The molecule has 0 amide bonds. The zero-order chi connectivity index (χ0) is 10.7. The SMILES string of the molecule is Nc1cnc(NC2CCCCCC2O)s1. The van der Waals surface area contributed by atoms with Gasteiger partial charge in [-0.2, -0.15) is 0 Å². The van der Waals surface area contributed by atoms with Crippen molar-refractivity contribution >= 4 is 21.5 Å². The van der Waals surface area contributed by atoms with E-state index in [0.29, 0.717) is 5.00 Å². The van der Waals surface area contributed by atoms with E-state index in [2.05, 4.69) is 10.3 Å². The molecule has 1 aliphatic carbocycles. The molecule has 2 atom stereocenters. The molecular formula is C10H17N3OS. The van der Waals surface area contributed by atoms with Crippen LogP contribution in [0.25, 0.3) is 0 Å². The Hall–Kier alpha value is -0.810. The highest BCUT2D eigenvalue weighted by Gasteiger charge is 2.21. The number of hydrogen-bond donors (Lipinski definition) is 3. The molecule has 0 saturated heterocycles. The first-order valence-electron chi connectivity index (χ1n) is 5.41. The van der Waals surface area contributed by atoms with Gasteiger partial charge in [0.1, 0.15) is 5.00 Å². The molecule has 1 fully saturated rings. The van der Waals surface area contributed by atoms with Crippen molar-refractivity contribution in [1.29, 1.82) is 0 Å². The zero-order valence-electron chi connectivity index (χ0n) is 8.65. The summed E-state index contributed by atoms with van der Waals surface area (Å²) in [7, 11) is 0. The third-order valence-electron chi connectivity index (χ3n) is 2.81. The Morgan fingerprint density at radius 3 is 2.93 bits per heavy atom. The summed E-state index contributed by atoms with van der Waals surface area (Å²) >= 11 is 1.43. The van der Waals surface area contributed by atoms with E-state index in [1.54, 1.807) is 6.20 Å². The second-order valence-corrected chi connectivity index (χ2v) is 5.09. The lowest BCUT2D eigenvalue weighted by Crippen LogP contribution is -2.32. The van der Waals surface area contributed by atoms with Crippen LogP contribution in [0.15, 0.2) is 6.20 Å². The summed E-state index contributed by atoms with van der Waals surface area (Å²) in [5.41, 5.74) is 5.60. The molecule has 0 spiro atoms. The van der Waals surface area contributed by atoms with Gasteiger partial charge in [0.2, 0.25) is 0 Å². The van der Waals surface area contributed by atoms with Crippen LogP contribution < -0.4 is 11.1 Å². The Labute approximate surface area is 93.5 Å². The predicted octanol–water partition coefficient (Wildman–Crippen LogP) is 1.83. The van der Waals surface area contributed by atoms with Crippen LogP contribution in [0.4, 0.5) is 10.1 Å². The number of nitrogen functional groups attached to an aromatic ring is 1. The van der Waals surface area contributed by atoms with E-state index < -0.39 is 0 Å². The molecule has 1 aromatic rings. The van der Waals surface area contributed by atoms with Crippen LogP contribution in [-0.2, 0) is 0 Å². The van der Waals surface area contributed by atoms with Gasteiger partial charge in [-0.05, 0) is 12.8 Å². The van der Waals surface area contributed by atoms with Crippen molar-refractivity contribution in [2.45, 2.75) is 44.2 Å². The van der Waals surface area contributed by atoms with Crippen molar-refractivity contribution in [2.75, 3.05) is 11.1 Å². The van der Waals surface area contributed by atoms with Gasteiger partial charge in [-0.1, -0.05) is 30.6 Å². The van der Waals surface area contributed by atoms with Crippen LogP contribution in [0.2, 0.25) is 0 Å². The summed E-state index contributed by atoms with van der Waals surface area (Å²) in [5.74, 6) is 0. The van der Waals surface area contributed by atoms with Crippen LogP contribution in [0.5, 0.6) is 0 Å². The minimum atomic E-state index is -0.252. The minimum absolute atomic E-state index is 0.137. The maximum absolute atomic E-state index is 9.90. The summed E-state index contributed by atoms with van der Waals surface area (Å²) < 4.78 is 0. The van der Waals surface area contributed by atoms with Crippen LogP contribution in [0.1, 0.15) is 32.1 Å². The van der Waals surface area contributed by atoms with Crippen LogP contribution in [0, 0.1) is 0 Å². The molecule has 1 saturated carbocycles. The number of nitrogens with two attached hydrogens (primary N) is 1. The first kappa shape index (κ1) is 10.7. The highest BCUT2D eigenvalue weighted by Crippen LogP contribution is 2.25. The Morgan fingerprint density at radius 1 is 1.40 bits per heavy atom. The van der Waals surface area contributed by atoms with Crippen molar-refractivity contribution in [1.82, 2.24) is 4.98 Å². The van der Waals surface area contributed by atoms with E-state index in [0.717, 1.165) is 24.4 Å². The van der Waals surface area contributed by atoms with E-state index in [9.17, 15) is 5.11 Å². The molecule has 0 radical (unpaired) electrons. The fraction of sp³-hybridized carbons (Fsp3) is 0.700. The van der Waals surface area contributed by atoms with Gasteiger partial charge in [0, 0.05) is 0 Å². The number of anilines is 2. The van der Waals surface area contributed by atoms with Crippen LogP contribution in [0.3, 0.4) is 0 Å². The average Bonchev–Trinajstić information content (AvgIpc) is 2.50. The highest BCUT2D eigenvalue weighted by molar-refractivity contribution is 7.19. The molecule has 15 heavy (non-hydrogen) atoms. The lowest BCUT2D eigenvalue weighted by molar-refractivity contribution is 0.144. The molecule has 1 heterocycles. The number of nitrogens with zero attached hydrogens (tertiary/aromatic N) is 1. The number of hydrogen-bond acceptors (Lipinski definition) is 5. The smallest absolute Gasteiger partial charge is 0.184 e. The Bertz CT molecular complexity index is 315. The standard InChI is InChI=1S/C10H17N3OS/c11-9-6-12-10(15-9)13-7-4-2-1-3-5-8(7)14/h6-8,14H,1-5,11H2,(H,12,13). The molecule has 1 aromatic heterocycles. The highest BCUT2D eigenvalue weighted by atomic mass is 32.1. The number of nitrogens with one attached hydrogen (secondary N) is 1. The molecule has 0 aromatic carbocycles. The van der Waals surface area contributed by atoms with Gasteiger partial charge in [0.15, 0.2) is 5.13 Å². The second kappa shape index (κ2) is 4.81. The maximum Gasteiger partial charge on any atom is 0.184 e. The normalized spacial score (nSPS) is 27.3. The molecule has 4 N–H and O–H groups in total. The molecule has 0 aliphatic heterocycles. The van der Waals surface area contributed by atoms with Crippen molar-refractivity contribution in [3.8, 4) is 0 Å². The molecule has 2 unspecified atom stereocenters. The molecule has 2 rings (SSSR count). The van der Waals surface area contributed by atoms with E-state index in [-0.39, 0.29) is 12.1 Å². The quantitative estimate of drug-likeness (QED) is 0.674. The van der Waals surface area contributed by atoms with E-state index in [1.165, 1.54) is 24.2 Å². The fourth-order valence-corrected chi connectivity index (χ4v) is 2.61. The maximum atomic E-state index is 9.90. The lowest BCUT2D eigenvalue weighted by Gasteiger charge is -2.20. The van der Waals surface area contributed by atoms with Crippen molar-refractivity contribution < 1.29 is 5.11 Å². The van der Waals surface area contributed by atoms with Crippen LogP contribution >= 0.6 is 11.3 Å². The molecule has 1 aliphatic rings. The molecule has 0 bridgehead atoms. The molecule has 4 nitrogen and oxygen atoms in total. The third-order valence-corrected chi connectivity index (χ3v) is 3.57. The van der Waals surface area contributed by atoms with Gasteiger partial charge in [-0.3, -0.25) is 0 Å². The minimum Gasteiger partial charge on any atom is -0.391 e. The van der Waals surface area contributed by atoms with Gasteiger partial charge in [-0.25, -0.2) is 4.98 Å². The molecule has 84 valence electrons. The summed E-state index contributed by atoms with van der Waals surface area (Å²) in [6.45, 7) is 0. The number of aliphatic hydroxyl groups excluding tert-OH is 1. The number of aromatic nitrogens is 1. The predicted molar refractivity (Wildman–Crippen MR) is 63.0 cm³/mol. The number of aliphatic hydroxyl groups is 1. The van der Waals surface area contributed by atoms with E-state index in [1.807, 2.05) is 0 Å². The van der Waals surface area contributed by atoms with Gasteiger partial charge in [-0.15, -0.1) is 0 Å². The number of rotatable bonds is 2. The average molecular weight is 227 g/mol. The lowest BCUT2D eigenvalue weighted by atomic mass is 10.1. The summed E-state index contributed by atoms with van der Waals surface area (Å²) in [6, 6.07) is 0.137. The second-order valence-electron chi connectivity index (χ2n) is 4.02. The van der Waals surface area contributed by atoms with E-state index in [4.69, 9.17) is 5.73 Å². The first-order valence-corrected chi connectivity index (χ1v) is 6.23. The number of thiazole rings is 1. The molecule has 5 heteroatoms. The van der Waals surface area contributed by atoms with Gasteiger partial charge >= 0.3 is 0 Å². The van der Waals surface area contributed by atoms with Crippen molar-refractivity contribution in [3.63, 3.8) is 0 Å². The van der Waals surface area contributed by atoms with Gasteiger partial charge in [0.05, 0.1) is 18.3 Å². The zero-order valence-corrected chi connectivity index (χ0v) is 9.46. The molecular weight excluding hydrogens is 210 g/mol. The first-order chi connectivity index (χ1) is 7.25. The Balaban J connectivity index is 1.97. The fourth-order valence-electron chi connectivity index (χ4n) is 1.97. The Kier molecular flexibility index (Phi) is 3.43. The monoisotopic (exact) mass is 227 g/mol. The van der Waals surface area contributed by atoms with Crippen molar-refractivity contribution in [3.05, 3.63) is 6.20 Å². The summed E-state index contributed by atoms with van der Waals surface area (Å²) in [4.78, 5) is 4.15.